The van der Waals surface area contributed by atoms with Gasteiger partial charge in [-0.1, -0.05) is 24.3 Å². The van der Waals surface area contributed by atoms with Gasteiger partial charge in [0.1, 0.15) is 0 Å². The molecule has 4 aromatic rings. The van der Waals surface area contributed by atoms with Gasteiger partial charge in [0, 0.05) is 26.2 Å². The van der Waals surface area contributed by atoms with Gasteiger partial charge in [-0.25, -0.2) is 15.0 Å². The van der Waals surface area contributed by atoms with Gasteiger partial charge in [-0.05, 0) is 31.2 Å². The molecular formula is C20H20N6. The molecule has 0 spiro atoms. The fraction of sp³-hybridized carbons (Fsp3) is 0.250. The van der Waals surface area contributed by atoms with Crippen molar-refractivity contribution >= 4 is 33.8 Å². The molecule has 0 amide bonds. The first-order valence-electron chi connectivity index (χ1n) is 8.96. The fourth-order valence-corrected chi connectivity index (χ4v) is 3.60. The Morgan fingerprint density at radius 2 is 1.35 bits per heavy atom. The molecule has 0 unspecified atom stereocenters. The van der Waals surface area contributed by atoms with E-state index in [0.717, 1.165) is 65.7 Å². The summed E-state index contributed by atoms with van der Waals surface area (Å²) in [5.41, 5.74) is 4.99. The number of aromatic amines is 1. The van der Waals surface area contributed by atoms with Crippen LogP contribution in [0.15, 0.2) is 48.5 Å². The van der Waals surface area contributed by atoms with Crippen LogP contribution in [0.5, 0.6) is 0 Å². The molecule has 6 nitrogen and oxygen atoms in total. The molecule has 0 atom stereocenters. The highest BCUT2D eigenvalue weighted by atomic mass is 15.3. The highest BCUT2D eigenvalue weighted by molar-refractivity contribution is 5.78. The molecule has 0 radical (unpaired) electrons. The van der Waals surface area contributed by atoms with Crippen LogP contribution in [-0.4, -0.2) is 46.1 Å². The van der Waals surface area contributed by atoms with Crippen molar-refractivity contribution in [2.75, 3.05) is 36.0 Å². The zero-order valence-electron chi connectivity index (χ0n) is 14.7. The Morgan fingerprint density at radius 3 is 2.08 bits per heavy atom. The number of benzene rings is 2. The summed E-state index contributed by atoms with van der Waals surface area (Å²) in [6.45, 7) is 5.68. The number of nitrogens with one attached hydrogen (secondary N) is 1. The number of aromatic nitrogens is 4. The molecule has 6 heteroatoms. The third kappa shape index (κ3) is 2.54. The Hall–Kier alpha value is -3.15. The van der Waals surface area contributed by atoms with Crippen molar-refractivity contribution in [1.82, 2.24) is 19.9 Å². The summed E-state index contributed by atoms with van der Waals surface area (Å²) < 4.78 is 0. The highest BCUT2D eigenvalue weighted by Gasteiger charge is 2.22. The minimum Gasteiger partial charge on any atom is -0.352 e. The molecule has 3 heterocycles. The largest absolute Gasteiger partial charge is 0.352 e. The monoisotopic (exact) mass is 344 g/mol. The third-order valence-corrected chi connectivity index (χ3v) is 4.98. The van der Waals surface area contributed by atoms with Gasteiger partial charge in [0.25, 0.3) is 0 Å². The molecule has 1 saturated heterocycles. The minimum absolute atomic E-state index is 0.908. The van der Waals surface area contributed by atoms with E-state index in [0.29, 0.717) is 0 Å². The lowest BCUT2D eigenvalue weighted by Gasteiger charge is -2.35. The molecule has 0 aliphatic carbocycles. The minimum atomic E-state index is 0.908. The van der Waals surface area contributed by atoms with E-state index in [9.17, 15) is 0 Å². The molecule has 1 N–H and O–H groups in total. The average Bonchev–Trinajstić information content (AvgIpc) is 3.12. The lowest BCUT2D eigenvalue weighted by Crippen LogP contribution is -2.47. The average molecular weight is 344 g/mol. The van der Waals surface area contributed by atoms with Gasteiger partial charge in [0.15, 0.2) is 5.82 Å². The molecule has 1 aliphatic heterocycles. The maximum absolute atomic E-state index is 4.85. The molecule has 1 aliphatic rings. The first-order chi connectivity index (χ1) is 12.8. The lowest BCUT2D eigenvalue weighted by molar-refractivity contribution is 0.636. The number of fused-ring (bicyclic) bond motifs is 2. The number of imidazole rings is 1. The Balaban J connectivity index is 1.37. The predicted molar refractivity (Wildman–Crippen MR) is 105 cm³/mol. The highest BCUT2D eigenvalue weighted by Crippen LogP contribution is 2.23. The number of H-pyrrole nitrogens is 1. The van der Waals surface area contributed by atoms with Crippen LogP contribution in [0.2, 0.25) is 0 Å². The topological polar surface area (TPSA) is 60.9 Å². The van der Waals surface area contributed by atoms with E-state index in [1.807, 2.05) is 49.4 Å². The molecule has 130 valence electrons. The molecule has 0 saturated carbocycles. The molecule has 1 fully saturated rings. The molecule has 2 aromatic heterocycles. The van der Waals surface area contributed by atoms with Crippen LogP contribution in [0.25, 0.3) is 22.1 Å². The number of nitrogens with zero attached hydrogens (tertiary/aromatic N) is 5. The summed E-state index contributed by atoms with van der Waals surface area (Å²) in [4.78, 5) is 22.3. The van der Waals surface area contributed by atoms with Crippen LogP contribution < -0.4 is 9.80 Å². The van der Waals surface area contributed by atoms with Crippen LogP contribution in [-0.2, 0) is 0 Å². The van der Waals surface area contributed by atoms with E-state index in [1.54, 1.807) is 0 Å². The van der Waals surface area contributed by atoms with Crippen molar-refractivity contribution in [3.63, 3.8) is 0 Å². The summed E-state index contributed by atoms with van der Waals surface area (Å²) in [5, 5.41) is 0. The van der Waals surface area contributed by atoms with Crippen LogP contribution in [0.4, 0.5) is 11.8 Å². The second-order valence-electron chi connectivity index (χ2n) is 6.67. The SMILES string of the molecule is Cc1nc2ccccc2nc1N1CCN(c2nc3ccccc3[nH]2)CC1. The van der Waals surface area contributed by atoms with Crippen LogP contribution in [0.3, 0.4) is 0 Å². The number of rotatable bonds is 2. The molecule has 0 bridgehead atoms. The predicted octanol–water partition coefficient (Wildman–Crippen LogP) is 3.14. The molecular weight excluding hydrogens is 324 g/mol. The van der Waals surface area contributed by atoms with Gasteiger partial charge in [-0.3, -0.25) is 0 Å². The van der Waals surface area contributed by atoms with E-state index >= 15 is 0 Å². The molecule has 2 aromatic carbocycles. The van der Waals surface area contributed by atoms with Gasteiger partial charge < -0.3 is 14.8 Å². The second-order valence-corrected chi connectivity index (χ2v) is 6.67. The number of aryl methyl sites for hydroxylation is 1. The zero-order valence-corrected chi connectivity index (χ0v) is 14.7. The number of piperazine rings is 1. The van der Waals surface area contributed by atoms with Gasteiger partial charge in [0.05, 0.1) is 27.8 Å². The fourth-order valence-electron chi connectivity index (χ4n) is 3.60. The van der Waals surface area contributed by atoms with Crippen molar-refractivity contribution in [3.8, 4) is 0 Å². The zero-order chi connectivity index (χ0) is 17.5. The van der Waals surface area contributed by atoms with Crippen molar-refractivity contribution in [3.05, 3.63) is 54.2 Å². The summed E-state index contributed by atoms with van der Waals surface area (Å²) in [6, 6.07) is 16.2. The normalized spacial score (nSPS) is 15.1. The van der Waals surface area contributed by atoms with Crippen molar-refractivity contribution < 1.29 is 0 Å². The Morgan fingerprint density at radius 1 is 0.731 bits per heavy atom. The van der Waals surface area contributed by atoms with Crippen LogP contribution in [0.1, 0.15) is 5.69 Å². The third-order valence-electron chi connectivity index (χ3n) is 4.98. The summed E-state index contributed by atoms with van der Waals surface area (Å²) in [7, 11) is 0. The second kappa shape index (κ2) is 5.98. The Bertz CT molecular complexity index is 1050. The van der Waals surface area contributed by atoms with Gasteiger partial charge in [-0.15, -0.1) is 0 Å². The van der Waals surface area contributed by atoms with E-state index in [4.69, 9.17) is 15.0 Å². The van der Waals surface area contributed by atoms with Crippen molar-refractivity contribution in [2.45, 2.75) is 6.92 Å². The van der Waals surface area contributed by atoms with Crippen LogP contribution >= 0.6 is 0 Å². The number of anilines is 2. The number of hydrogen-bond acceptors (Lipinski definition) is 5. The first-order valence-corrected chi connectivity index (χ1v) is 8.96. The molecule has 5 rings (SSSR count). The van der Waals surface area contributed by atoms with E-state index in [-0.39, 0.29) is 0 Å². The van der Waals surface area contributed by atoms with Gasteiger partial charge in [-0.2, -0.15) is 0 Å². The maximum atomic E-state index is 4.85. The van der Waals surface area contributed by atoms with E-state index in [2.05, 4.69) is 20.9 Å². The van der Waals surface area contributed by atoms with Gasteiger partial charge in [0.2, 0.25) is 5.95 Å². The smallest absolute Gasteiger partial charge is 0.203 e. The van der Waals surface area contributed by atoms with Crippen molar-refractivity contribution in [1.29, 1.82) is 0 Å². The number of hydrogen-bond donors (Lipinski definition) is 1. The summed E-state index contributed by atoms with van der Waals surface area (Å²) in [5.74, 6) is 1.94. The lowest BCUT2D eigenvalue weighted by atomic mass is 10.2. The quantitative estimate of drug-likeness (QED) is 0.605. The first kappa shape index (κ1) is 15.1. The standard InChI is InChI=1S/C20H20N6/c1-14-19(22-16-7-3-2-6-15(16)21-14)25-10-12-26(13-11-25)20-23-17-8-4-5-9-18(17)24-20/h2-9H,10-13H2,1H3,(H,23,24). The van der Waals surface area contributed by atoms with Gasteiger partial charge >= 0.3 is 0 Å². The number of para-hydroxylation sites is 4. The van der Waals surface area contributed by atoms with Crippen LogP contribution in [0, 0.1) is 6.92 Å². The maximum Gasteiger partial charge on any atom is 0.203 e. The Labute approximate surface area is 151 Å². The van der Waals surface area contributed by atoms with Crippen molar-refractivity contribution in [2.24, 2.45) is 0 Å². The Kier molecular flexibility index (Phi) is 3.48. The van der Waals surface area contributed by atoms with E-state index < -0.39 is 0 Å². The molecule has 26 heavy (non-hydrogen) atoms. The van der Waals surface area contributed by atoms with E-state index in [1.165, 1.54) is 0 Å². The summed E-state index contributed by atoms with van der Waals surface area (Å²) >= 11 is 0. The summed E-state index contributed by atoms with van der Waals surface area (Å²) in [6.07, 6.45) is 0.